The Hall–Kier alpha value is -1.82. The molecule has 0 aliphatic carbocycles. The third-order valence-corrected chi connectivity index (χ3v) is 4.92. The van der Waals surface area contributed by atoms with Crippen LogP contribution >= 0.6 is 11.3 Å². The minimum Gasteiger partial charge on any atom is -0.444 e. The Bertz CT molecular complexity index is 712. The van der Waals surface area contributed by atoms with Gasteiger partial charge < -0.3 is 15.4 Å². The quantitative estimate of drug-likeness (QED) is 0.801. The number of nitrogen functional groups attached to an aromatic ring is 1. The molecule has 0 bridgehead atoms. The number of piperidine rings is 1. The van der Waals surface area contributed by atoms with Crippen LogP contribution in [0.4, 0.5) is 10.5 Å². The number of fused-ring (bicyclic) bond motifs is 1. The van der Waals surface area contributed by atoms with Crippen molar-refractivity contribution in [1.29, 1.82) is 0 Å². The molecule has 23 heavy (non-hydrogen) atoms. The van der Waals surface area contributed by atoms with Crippen LogP contribution in [-0.2, 0) is 4.74 Å². The summed E-state index contributed by atoms with van der Waals surface area (Å²) in [5, 5.41) is 0. The van der Waals surface area contributed by atoms with Gasteiger partial charge in [0, 0.05) is 24.3 Å². The smallest absolute Gasteiger partial charge is 0.410 e. The lowest BCUT2D eigenvalue weighted by atomic mass is 9.88. The number of likely N-dealkylation sites (tertiary alicyclic amines) is 1. The molecule has 124 valence electrons. The average Bonchev–Trinajstić information content (AvgIpc) is 2.94. The summed E-state index contributed by atoms with van der Waals surface area (Å²) in [7, 11) is 0. The highest BCUT2D eigenvalue weighted by molar-refractivity contribution is 7.16. The highest BCUT2D eigenvalue weighted by Gasteiger charge is 2.29. The van der Waals surface area contributed by atoms with Gasteiger partial charge in [0.15, 0.2) is 0 Å². The number of hydrogen-bond donors (Lipinski definition) is 1. The van der Waals surface area contributed by atoms with Gasteiger partial charge in [0.05, 0.1) is 15.7 Å². The van der Waals surface area contributed by atoms with Crippen LogP contribution in [-0.4, -0.2) is 34.7 Å². The van der Waals surface area contributed by atoms with Crippen molar-refractivity contribution in [2.24, 2.45) is 0 Å². The van der Waals surface area contributed by atoms with E-state index in [1.54, 1.807) is 16.2 Å². The summed E-state index contributed by atoms with van der Waals surface area (Å²) >= 11 is 1.63. The fourth-order valence-electron chi connectivity index (χ4n) is 3.07. The van der Waals surface area contributed by atoms with Crippen molar-refractivity contribution < 1.29 is 9.53 Å². The molecule has 0 saturated carbocycles. The number of ether oxygens (including phenoxy) is 1. The number of carbonyl (C=O) groups is 1. The van der Waals surface area contributed by atoms with Crippen LogP contribution in [0.3, 0.4) is 0 Å². The molecule has 1 saturated heterocycles. The van der Waals surface area contributed by atoms with Crippen molar-refractivity contribution in [2.75, 3.05) is 18.8 Å². The molecular weight excluding hydrogens is 310 g/mol. The van der Waals surface area contributed by atoms with Gasteiger partial charge in [-0.05, 0) is 51.7 Å². The van der Waals surface area contributed by atoms with Gasteiger partial charge in [0.25, 0.3) is 0 Å². The topological polar surface area (TPSA) is 68.5 Å². The highest BCUT2D eigenvalue weighted by Crippen LogP contribution is 2.37. The molecule has 1 fully saturated rings. The molecule has 0 radical (unpaired) electrons. The monoisotopic (exact) mass is 333 g/mol. The number of carbonyl (C=O) groups excluding carboxylic acids is 1. The third kappa shape index (κ3) is 3.42. The summed E-state index contributed by atoms with van der Waals surface area (Å²) in [6, 6.07) is 4.00. The number of aromatic nitrogens is 1. The Balaban J connectivity index is 1.72. The van der Waals surface area contributed by atoms with Crippen molar-refractivity contribution in [3.05, 3.63) is 23.2 Å². The normalized spacial score (nSPS) is 16.7. The minimum absolute atomic E-state index is 0.226. The maximum atomic E-state index is 12.2. The van der Waals surface area contributed by atoms with Gasteiger partial charge in [-0.25, -0.2) is 9.78 Å². The van der Waals surface area contributed by atoms with Crippen molar-refractivity contribution in [3.63, 3.8) is 0 Å². The Morgan fingerprint density at radius 3 is 2.70 bits per heavy atom. The number of thiazole rings is 1. The van der Waals surface area contributed by atoms with E-state index in [-0.39, 0.29) is 6.09 Å². The molecule has 0 unspecified atom stereocenters. The van der Waals surface area contributed by atoms with Gasteiger partial charge in [0.1, 0.15) is 5.60 Å². The van der Waals surface area contributed by atoms with Crippen LogP contribution in [0.5, 0.6) is 0 Å². The number of rotatable bonds is 1. The Morgan fingerprint density at radius 1 is 1.35 bits per heavy atom. The number of hydrogen-bond acceptors (Lipinski definition) is 5. The molecule has 0 spiro atoms. The van der Waals surface area contributed by atoms with Crippen molar-refractivity contribution in [2.45, 2.75) is 45.1 Å². The summed E-state index contributed by atoms with van der Waals surface area (Å²) in [5.41, 5.74) is 10.6. The molecule has 6 heteroatoms. The first-order valence-corrected chi connectivity index (χ1v) is 8.82. The van der Waals surface area contributed by atoms with E-state index in [9.17, 15) is 4.79 Å². The summed E-state index contributed by atoms with van der Waals surface area (Å²) < 4.78 is 6.62. The van der Waals surface area contributed by atoms with Gasteiger partial charge in [-0.15, -0.1) is 11.3 Å². The first-order chi connectivity index (χ1) is 10.8. The molecule has 2 heterocycles. The predicted octanol–water partition coefficient (Wildman–Crippen LogP) is 3.99. The zero-order valence-electron chi connectivity index (χ0n) is 13.8. The summed E-state index contributed by atoms with van der Waals surface area (Å²) in [4.78, 5) is 18.4. The van der Waals surface area contributed by atoms with E-state index in [0.29, 0.717) is 19.0 Å². The highest BCUT2D eigenvalue weighted by atomic mass is 32.1. The number of benzene rings is 1. The average molecular weight is 333 g/mol. The second kappa shape index (κ2) is 6.00. The Kier molecular flexibility index (Phi) is 4.19. The van der Waals surface area contributed by atoms with Crippen molar-refractivity contribution in [3.8, 4) is 0 Å². The van der Waals surface area contributed by atoms with Crippen LogP contribution in [0.15, 0.2) is 17.6 Å². The molecule has 1 amide bonds. The zero-order valence-corrected chi connectivity index (χ0v) is 14.7. The van der Waals surface area contributed by atoms with Gasteiger partial charge in [0.2, 0.25) is 0 Å². The largest absolute Gasteiger partial charge is 0.444 e. The number of nitrogens with two attached hydrogens (primary N) is 1. The molecule has 5 nitrogen and oxygen atoms in total. The van der Waals surface area contributed by atoms with E-state index in [0.717, 1.165) is 29.6 Å². The standard InChI is InChI=1S/C17H23N3O2S/c1-17(2,3)22-16(21)20-8-6-11(7-9-20)14-12(18)4-5-13-15(14)19-10-23-13/h4-5,10-11H,6-9,18H2,1-3H3. The summed E-state index contributed by atoms with van der Waals surface area (Å²) in [5.74, 6) is 0.347. The van der Waals surface area contributed by atoms with Gasteiger partial charge in [-0.2, -0.15) is 0 Å². The van der Waals surface area contributed by atoms with Crippen LogP contribution in [0.25, 0.3) is 10.2 Å². The van der Waals surface area contributed by atoms with E-state index < -0.39 is 5.60 Å². The van der Waals surface area contributed by atoms with E-state index >= 15 is 0 Å². The molecule has 1 aliphatic rings. The fourth-order valence-corrected chi connectivity index (χ4v) is 3.77. The van der Waals surface area contributed by atoms with Gasteiger partial charge >= 0.3 is 6.09 Å². The molecule has 0 atom stereocenters. The number of amides is 1. The van der Waals surface area contributed by atoms with Gasteiger partial charge in [-0.1, -0.05) is 0 Å². The first kappa shape index (κ1) is 16.1. The SMILES string of the molecule is CC(C)(C)OC(=O)N1CCC(c2c(N)ccc3scnc23)CC1. The minimum atomic E-state index is -0.454. The predicted molar refractivity (Wildman–Crippen MR) is 93.8 cm³/mol. The first-order valence-electron chi connectivity index (χ1n) is 7.94. The van der Waals surface area contributed by atoms with Crippen LogP contribution in [0, 0.1) is 0 Å². The van der Waals surface area contributed by atoms with E-state index in [1.807, 2.05) is 38.4 Å². The van der Waals surface area contributed by atoms with E-state index in [1.165, 1.54) is 4.70 Å². The zero-order chi connectivity index (χ0) is 16.6. The second-order valence-corrected chi connectivity index (χ2v) is 7.90. The Morgan fingerprint density at radius 2 is 2.04 bits per heavy atom. The van der Waals surface area contributed by atoms with E-state index in [4.69, 9.17) is 10.5 Å². The fraction of sp³-hybridized carbons (Fsp3) is 0.529. The molecule has 1 aromatic carbocycles. The lowest BCUT2D eigenvalue weighted by molar-refractivity contribution is 0.0205. The number of anilines is 1. The maximum Gasteiger partial charge on any atom is 0.410 e. The molecular formula is C17H23N3O2S. The van der Waals surface area contributed by atoms with Crippen LogP contribution in [0.1, 0.15) is 45.1 Å². The summed E-state index contributed by atoms with van der Waals surface area (Å²) in [6.45, 7) is 7.06. The van der Waals surface area contributed by atoms with Crippen LogP contribution < -0.4 is 5.73 Å². The number of nitrogens with zero attached hydrogens (tertiary/aromatic N) is 2. The second-order valence-electron chi connectivity index (χ2n) is 7.01. The van der Waals surface area contributed by atoms with Crippen molar-refractivity contribution in [1.82, 2.24) is 9.88 Å². The molecule has 1 aromatic heterocycles. The van der Waals surface area contributed by atoms with E-state index in [2.05, 4.69) is 4.98 Å². The lowest BCUT2D eigenvalue weighted by Crippen LogP contribution is -2.41. The van der Waals surface area contributed by atoms with Crippen LogP contribution in [0.2, 0.25) is 0 Å². The van der Waals surface area contributed by atoms with Gasteiger partial charge in [-0.3, -0.25) is 0 Å². The Labute approximate surface area is 140 Å². The maximum absolute atomic E-state index is 12.2. The molecule has 2 aromatic rings. The third-order valence-electron chi connectivity index (χ3n) is 4.13. The molecule has 2 N–H and O–H groups in total. The molecule has 3 rings (SSSR count). The van der Waals surface area contributed by atoms with Crippen molar-refractivity contribution >= 4 is 33.3 Å². The molecule has 1 aliphatic heterocycles. The summed E-state index contributed by atoms with van der Waals surface area (Å²) in [6.07, 6.45) is 1.55. The lowest BCUT2D eigenvalue weighted by Gasteiger charge is -2.34.